The van der Waals surface area contributed by atoms with Crippen LogP contribution in [0.15, 0.2) is 33.8 Å². The zero-order valence-electron chi connectivity index (χ0n) is 6.37. The molecule has 1 aliphatic heterocycles. The molecular weight excluding hydrogens is 178 g/mol. The predicted molar refractivity (Wildman–Crippen MR) is 42.8 cm³/mol. The molecule has 0 saturated carbocycles. The number of carbonyl (C=O) groups is 1. The van der Waals surface area contributed by atoms with E-state index in [2.05, 4.69) is 9.98 Å². The van der Waals surface area contributed by atoms with Crippen LogP contribution in [-0.4, -0.2) is 18.0 Å². The van der Waals surface area contributed by atoms with E-state index in [1.165, 1.54) is 0 Å². The molecule has 0 aromatic rings. The van der Waals surface area contributed by atoms with Crippen LogP contribution >= 0.6 is 0 Å². The average Bonchev–Trinajstić information content (AvgIpc) is 2.02. The monoisotopic (exact) mass is 182 g/mol. The minimum absolute atomic E-state index is 0.0671. The number of fused-ring (bicyclic) bond motifs is 1. The first-order chi connectivity index (χ1) is 6.18. The van der Waals surface area contributed by atoms with E-state index in [-0.39, 0.29) is 5.71 Å². The van der Waals surface area contributed by atoms with Crippen molar-refractivity contribution in [3.8, 4) is 0 Å². The molecule has 13 heavy (non-hydrogen) atoms. The van der Waals surface area contributed by atoms with Gasteiger partial charge in [-0.05, 0) is 6.08 Å². The Morgan fingerprint density at radius 2 is 2.08 bits per heavy atom. The second kappa shape index (κ2) is 2.69. The lowest BCUT2D eigenvalue weighted by molar-refractivity contribution is -0.119. The SMILES string of the molecule is O=C1N=CN=C2C=C(F)C=C(F)C12. The van der Waals surface area contributed by atoms with Crippen LogP contribution in [-0.2, 0) is 4.79 Å². The lowest BCUT2D eigenvalue weighted by Crippen LogP contribution is -2.27. The summed E-state index contributed by atoms with van der Waals surface area (Å²) in [5, 5.41) is 0. The van der Waals surface area contributed by atoms with Crippen molar-refractivity contribution in [1.29, 1.82) is 0 Å². The highest BCUT2D eigenvalue weighted by molar-refractivity contribution is 6.18. The number of rotatable bonds is 0. The average molecular weight is 182 g/mol. The number of halogens is 2. The molecule has 2 rings (SSSR count). The fourth-order valence-electron chi connectivity index (χ4n) is 1.21. The van der Waals surface area contributed by atoms with E-state index in [1.807, 2.05) is 0 Å². The van der Waals surface area contributed by atoms with E-state index in [9.17, 15) is 13.6 Å². The number of aliphatic imine (C=N–C) groups is 2. The van der Waals surface area contributed by atoms with E-state index in [4.69, 9.17) is 0 Å². The first kappa shape index (κ1) is 7.97. The van der Waals surface area contributed by atoms with Gasteiger partial charge in [0.2, 0.25) is 0 Å². The van der Waals surface area contributed by atoms with Gasteiger partial charge in [0.05, 0.1) is 5.71 Å². The molecule has 3 nitrogen and oxygen atoms in total. The fourth-order valence-corrected chi connectivity index (χ4v) is 1.21. The number of hydrogen-bond acceptors (Lipinski definition) is 2. The van der Waals surface area contributed by atoms with E-state index in [0.29, 0.717) is 6.08 Å². The van der Waals surface area contributed by atoms with Crippen LogP contribution in [0.25, 0.3) is 0 Å². The van der Waals surface area contributed by atoms with Crippen LogP contribution in [0, 0.1) is 5.92 Å². The lowest BCUT2D eigenvalue weighted by Gasteiger charge is -2.16. The molecule has 1 heterocycles. The molecule has 0 bridgehead atoms. The number of hydrogen-bond donors (Lipinski definition) is 0. The molecular formula is C8H4F2N2O. The molecule has 0 spiro atoms. The Morgan fingerprint density at radius 3 is 2.85 bits per heavy atom. The van der Waals surface area contributed by atoms with Gasteiger partial charge in [-0.1, -0.05) is 0 Å². The summed E-state index contributed by atoms with van der Waals surface area (Å²) in [5.74, 6) is -3.37. The van der Waals surface area contributed by atoms with Crippen LogP contribution in [0.5, 0.6) is 0 Å². The van der Waals surface area contributed by atoms with Crippen molar-refractivity contribution in [3.63, 3.8) is 0 Å². The minimum atomic E-state index is -1.13. The fraction of sp³-hybridized carbons (Fsp3) is 0.125. The Labute approximate surface area is 72.2 Å². The van der Waals surface area contributed by atoms with Gasteiger partial charge in [-0.3, -0.25) is 4.79 Å². The van der Waals surface area contributed by atoms with E-state index < -0.39 is 23.5 Å². The van der Waals surface area contributed by atoms with Crippen LogP contribution in [0.1, 0.15) is 0 Å². The highest BCUT2D eigenvalue weighted by Gasteiger charge is 2.32. The number of carbonyl (C=O) groups excluding carboxylic acids is 1. The van der Waals surface area contributed by atoms with Crippen LogP contribution < -0.4 is 0 Å². The standard InChI is InChI=1S/C8H4F2N2O/c9-4-1-5(10)7-6(2-4)11-3-12-8(7)13/h1-3,7H. The maximum absolute atomic E-state index is 13.0. The Morgan fingerprint density at radius 1 is 1.31 bits per heavy atom. The predicted octanol–water partition coefficient (Wildman–Crippen LogP) is 1.33. The first-order valence-electron chi connectivity index (χ1n) is 3.57. The summed E-state index contributed by atoms with van der Waals surface area (Å²) in [6.45, 7) is 0. The summed E-state index contributed by atoms with van der Waals surface area (Å²) in [4.78, 5) is 17.9. The second-order valence-corrected chi connectivity index (χ2v) is 2.63. The van der Waals surface area contributed by atoms with E-state index in [0.717, 1.165) is 12.4 Å². The first-order valence-corrected chi connectivity index (χ1v) is 3.57. The van der Waals surface area contributed by atoms with Crippen molar-refractivity contribution < 1.29 is 13.6 Å². The Hall–Kier alpha value is -1.65. The van der Waals surface area contributed by atoms with Gasteiger partial charge in [-0.15, -0.1) is 0 Å². The van der Waals surface area contributed by atoms with E-state index in [1.54, 1.807) is 0 Å². The molecule has 5 heteroatoms. The Kier molecular flexibility index (Phi) is 1.65. The van der Waals surface area contributed by atoms with Crippen molar-refractivity contribution in [2.45, 2.75) is 0 Å². The molecule has 1 atom stereocenters. The third-order valence-electron chi connectivity index (χ3n) is 1.77. The molecule has 1 amide bonds. The highest BCUT2D eigenvalue weighted by Crippen LogP contribution is 2.26. The third kappa shape index (κ3) is 1.22. The quantitative estimate of drug-likeness (QED) is 0.557. The van der Waals surface area contributed by atoms with Crippen molar-refractivity contribution >= 4 is 18.0 Å². The molecule has 1 aliphatic carbocycles. The summed E-state index contributed by atoms with van der Waals surface area (Å²) in [7, 11) is 0. The van der Waals surface area contributed by atoms with E-state index >= 15 is 0 Å². The Balaban J connectivity index is 2.50. The van der Waals surface area contributed by atoms with Gasteiger partial charge in [0, 0.05) is 6.08 Å². The Bertz CT molecular complexity index is 393. The summed E-state index contributed by atoms with van der Waals surface area (Å²) in [6, 6.07) is 0. The van der Waals surface area contributed by atoms with Crippen LogP contribution in [0.4, 0.5) is 8.78 Å². The number of amides is 1. The van der Waals surface area contributed by atoms with Gasteiger partial charge in [0.15, 0.2) is 0 Å². The van der Waals surface area contributed by atoms with Crippen LogP contribution in [0.3, 0.4) is 0 Å². The molecule has 0 radical (unpaired) electrons. The molecule has 1 unspecified atom stereocenters. The molecule has 66 valence electrons. The molecule has 0 N–H and O–H groups in total. The normalized spacial score (nSPS) is 26.2. The highest BCUT2D eigenvalue weighted by atomic mass is 19.1. The summed E-state index contributed by atoms with van der Waals surface area (Å²) in [6.07, 6.45) is 2.69. The van der Waals surface area contributed by atoms with Gasteiger partial charge in [0.25, 0.3) is 5.91 Å². The zero-order valence-corrected chi connectivity index (χ0v) is 6.37. The number of nitrogens with zero attached hydrogens (tertiary/aromatic N) is 2. The van der Waals surface area contributed by atoms with Crippen molar-refractivity contribution in [2.24, 2.45) is 15.9 Å². The van der Waals surface area contributed by atoms with Gasteiger partial charge in [-0.25, -0.2) is 18.8 Å². The van der Waals surface area contributed by atoms with Gasteiger partial charge < -0.3 is 0 Å². The summed E-state index contributed by atoms with van der Waals surface area (Å²) >= 11 is 0. The molecule has 2 aliphatic rings. The molecule has 0 aromatic heterocycles. The van der Waals surface area contributed by atoms with Crippen molar-refractivity contribution in [2.75, 3.05) is 0 Å². The minimum Gasteiger partial charge on any atom is -0.271 e. The maximum atomic E-state index is 13.0. The molecule has 0 aromatic carbocycles. The summed E-state index contributed by atoms with van der Waals surface area (Å²) < 4.78 is 25.7. The van der Waals surface area contributed by atoms with Crippen LogP contribution in [0.2, 0.25) is 0 Å². The lowest BCUT2D eigenvalue weighted by atomic mass is 9.95. The second-order valence-electron chi connectivity index (χ2n) is 2.63. The molecule has 0 fully saturated rings. The largest absolute Gasteiger partial charge is 0.271 e. The summed E-state index contributed by atoms with van der Waals surface area (Å²) in [5.41, 5.74) is 0.0671. The van der Waals surface area contributed by atoms with Crippen molar-refractivity contribution in [1.82, 2.24) is 0 Å². The molecule has 0 saturated heterocycles. The third-order valence-corrected chi connectivity index (χ3v) is 1.77. The topological polar surface area (TPSA) is 41.8 Å². The smallest absolute Gasteiger partial charge is 0.263 e. The zero-order chi connectivity index (χ0) is 9.42. The maximum Gasteiger partial charge on any atom is 0.263 e. The van der Waals surface area contributed by atoms with Gasteiger partial charge in [-0.2, -0.15) is 0 Å². The van der Waals surface area contributed by atoms with Gasteiger partial charge in [0.1, 0.15) is 23.9 Å². The number of allylic oxidation sites excluding steroid dienone is 3. The van der Waals surface area contributed by atoms with Gasteiger partial charge >= 0.3 is 0 Å². The van der Waals surface area contributed by atoms with Crippen molar-refractivity contribution in [3.05, 3.63) is 23.8 Å².